The number of rotatable bonds is 4. The highest BCUT2D eigenvalue weighted by Gasteiger charge is 2.32. The van der Waals surface area contributed by atoms with Crippen LogP contribution in [0.25, 0.3) is 22.2 Å². The Kier molecular flexibility index (Phi) is 5.07. The number of hydrogen-bond acceptors (Lipinski definition) is 6. The average molecular weight is 416 g/mol. The Morgan fingerprint density at radius 1 is 1.10 bits per heavy atom. The lowest BCUT2D eigenvalue weighted by atomic mass is 9.93. The van der Waals surface area contributed by atoms with Crippen LogP contribution in [0.1, 0.15) is 30.4 Å². The van der Waals surface area contributed by atoms with Crippen LogP contribution in [-0.2, 0) is 0 Å². The summed E-state index contributed by atoms with van der Waals surface area (Å²) in [6.45, 7) is 5.87. The maximum Gasteiger partial charge on any atom is 0.298 e. The summed E-state index contributed by atoms with van der Waals surface area (Å²) >= 11 is 0. The van der Waals surface area contributed by atoms with Crippen molar-refractivity contribution in [1.29, 1.82) is 5.26 Å². The summed E-state index contributed by atoms with van der Waals surface area (Å²) in [6.07, 6.45) is 3.41. The SMILES string of the molecule is Cc1c(-c2ccccc2)c(N2CCC(N(C)C)C2)c2oc(N3CCCC3)nc2c1C#N. The Morgan fingerprint density at radius 3 is 2.48 bits per heavy atom. The van der Waals surface area contributed by atoms with E-state index in [0.717, 1.165) is 73.4 Å². The van der Waals surface area contributed by atoms with E-state index in [0.29, 0.717) is 23.1 Å². The maximum absolute atomic E-state index is 10.1. The molecule has 0 aliphatic carbocycles. The highest BCUT2D eigenvalue weighted by molar-refractivity contribution is 6.03. The Bertz CT molecular complexity index is 1140. The smallest absolute Gasteiger partial charge is 0.298 e. The zero-order valence-corrected chi connectivity index (χ0v) is 18.6. The van der Waals surface area contributed by atoms with Gasteiger partial charge in [-0.3, -0.25) is 0 Å². The van der Waals surface area contributed by atoms with E-state index in [1.165, 1.54) is 0 Å². The monoisotopic (exact) mass is 415 g/mol. The molecule has 2 aliphatic heterocycles. The van der Waals surface area contributed by atoms with Crippen molar-refractivity contribution in [3.05, 3.63) is 41.5 Å². The minimum absolute atomic E-state index is 0.496. The third kappa shape index (κ3) is 3.34. The van der Waals surface area contributed by atoms with Gasteiger partial charge in [0.1, 0.15) is 11.6 Å². The van der Waals surface area contributed by atoms with Crippen LogP contribution in [0.4, 0.5) is 11.7 Å². The molecule has 0 bridgehead atoms. The molecule has 0 N–H and O–H groups in total. The Labute approximate surface area is 183 Å². The van der Waals surface area contributed by atoms with Gasteiger partial charge in [0.15, 0.2) is 5.58 Å². The molecule has 1 atom stereocenters. The number of likely N-dealkylation sites (N-methyl/N-ethyl adjacent to an activating group) is 1. The van der Waals surface area contributed by atoms with E-state index in [4.69, 9.17) is 9.40 Å². The van der Waals surface area contributed by atoms with E-state index >= 15 is 0 Å². The standard InChI is InChI=1S/C25H29N5O/c1-17-20(15-26)22-24(31-25(27-22)29-12-7-8-13-29)23(21(17)18-9-5-4-6-10-18)30-14-11-19(16-30)28(2)3/h4-6,9-10,19H,7-8,11-14,16H2,1-3H3. The van der Waals surface area contributed by atoms with Gasteiger partial charge in [0.2, 0.25) is 0 Å². The number of aromatic nitrogens is 1. The molecule has 2 aliphatic rings. The first-order valence-corrected chi connectivity index (χ1v) is 11.2. The second kappa shape index (κ2) is 7.90. The molecule has 1 aromatic heterocycles. The maximum atomic E-state index is 10.1. The van der Waals surface area contributed by atoms with Gasteiger partial charge < -0.3 is 19.1 Å². The van der Waals surface area contributed by atoms with Crippen molar-refractivity contribution in [2.45, 2.75) is 32.2 Å². The fourth-order valence-corrected chi connectivity index (χ4v) is 5.04. The molecule has 0 saturated carbocycles. The lowest BCUT2D eigenvalue weighted by Gasteiger charge is -2.25. The molecule has 2 aromatic carbocycles. The second-order valence-electron chi connectivity index (χ2n) is 8.92. The van der Waals surface area contributed by atoms with Crippen molar-refractivity contribution in [2.24, 2.45) is 0 Å². The van der Waals surface area contributed by atoms with Crippen molar-refractivity contribution in [1.82, 2.24) is 9.88 Å². The molecular formula is C25H29N5O. The quantitative estimate of drug-likeness (QED) is 0.629. The second-order valence-corrected chi connectivity index (χ2v) is 8.92. The average Bonchev–Trinajstić information content (AvgIpc) is 3.53. The fraction of sp³-hybridized carbons (Fsp3) is 0.440. The minimum Gasteiger partial charge on any atom is -0.421 e. The first-order valence-electron chi connectivity index (χ1n) is 11.2. The van der Waals surface area contributed by atoms with Gasteiger partial charge in [0.25, 0.3) is 6.01 Å². The van der Waals surface area contributed by atoms with Crippen LogP contribution in [0.5, 0.6) is 0 Å². The van der Waals surface area contributed by atoms with Crippen LogP contribution in [0.2, 0.25) is 0 Å². The molecule has 2 fully saturated rings. The van der Waals surface area contributed by atoms with Crippen molar-refractivity contribution < 1.29 is 4.42 Å². The van der Waals surface area contributed by atoms with Crippen molar-refractivity contribution >= 4 is 22.8 Å². The van der Waals surface area contributed by atoms with Gasteiger partial charge in [0, 0.05) is 37.8 Å². The van der Waals surface area contributed by atoms with Crippen LogP contribution in [0.15, 0.2) is 34.7 Å². The summed E-state index contributed by atoms with van der Waals surface area (Å²) in [5.74, 6) is 0. The highest BCUT2D eigenvalue weighted by atomic mass is 16.4. The summed E-state index contributed by atoms with van der Waals surface area (Å²) in [7, 11) is 4.29. The summed E-state index contributed by atoms with van der Waals surface area (Å²) in [5, 5.41) is 10.1. The van der Waals surface area contributed by atoms with Gasteiger partial charge >= 0.3 is 0 Å². The molecule has 6 heteroatoms. The lowest BCUT2D eigenvalue weighted by molar-refractivity contribution is 0.315. The van der Waals surface area contributed by atoms with Gasteiger partial charge in [-0.2, -0.15) is 10.2 Å². The number of nitrogens with zero attached hydrogens (tertiary/aromatic N) is 5. The number of anilines is 2. The number of oxazole rings is 1. The summed E-state index contributed by atoms with van der Waals surface area (Å²) in [5.41, 5.74) is 6.34. The molecule has 5 rings (SSSR count). The third-order valence-electron chi connectivity index (χ3n) is 6.82. The van der Waals surface area contributed by atoms with Crippen molar-refractivity contribution in [2.75, 3.05) is 50.1 Å². The van der Waals surface area contributed by atoms with Crippen LogP contribution in [0, 0.1) is 18.3 Å². The first kappa shape index (κ1) is 19.9. The van der Waals surface area contributed by atoms with Crippen LogP contribution in [0.3, 0.4) is 0 Å². The van der Waals surface area contributed by atoms with E-state index < -0.39 is 0 Å². The first-order chi connectivity index (χ1) is 15.1. The van der Waals surface area contributed by atoms with Crippen LogP contribution < -0.4 is 9.80 Å². The van der Waals surface area contributed by atoms with Crippen molar-refractivity contribution in [3.63, 3.8) is 0 Å². The minimum atomic E-state index is 0.496. The molecule has 6 nitrogen and oxygen atoms in total. The molecule has 3 aromatic rings. The number of nitriles is 1. The third-order valence-corrected chi connectivity index (χ3v) is 6.82. The molecular weight excluding hydrogens is 386 g/mol. The summed E-state index contributed by atoms with van der Waals surface area (Å²) < 4.78 is 6.46. The number of hydrogen-bond donors (Lipinski definition) is 0. The number of benzene rings is 2. The molecule has 3 heterocycles. The molecule has 31 heavy (non-hydrogen) atoms. The lowest BCUT2D eigenvalue weighted by Crippen LogP contribution is -2.31. The Hall–Kier alpha value is -3.04. The highest BCUT2D eigenvalue weighted by Crippen LogP contribution is 2.45. The largest absolute Gasteiger partial charge is 0.421 e. The Morgan fingerprint density at radius 2 is 1.84 bits per heavy atom. The van der Waals surface area contributed by atoms with Crippen LogP contribution >= 0.6 is 0 Å². The molecule has 2 saturated heterocycles. The van der Waals surface area contributed by atoms with E-state index in [2.05, 4.69) is 59.1 Å². The van der Waals surface area contributed by atoms with E-state index in [9.17, 15) is 5.26 Å². The van der Waals surface area contributed by atoms with Crippen LogP contribution in [-0.4, -0.2) is 56.2 Å². The molecule has 1 unspecified atom stereocenters. The van der Waals surface area contributed by atoms with Gasteiger partial charge in [-0.25, -0.2) is 0 Å². The van der Waals surface area contributed by atoms with Crippen molar-refractivity contribution in [3.8, 4) is 17.2 Å². The fourth-order valence-electron chi connectivity index (χ4n) is 5.04. The summed E-state index contributed by atoms with van der Waals surface area (Å²) in [6, 6.07) is 14.0. The van der Waals surface area contributed by atoms with Gasteiger partial charge in [-0.1, -0.05) is 30.3 Å². The molecule has 0 radical (unpaired) electrons. The summed E-state index contributed by atoms with van der Waals surface area (Å²) in [4.78, 5) is 11.8. The predicted octanol–water partition coefficient (Wildman–Crippen LogP) is 4.42. The van der Waals surface area contributed by atoms with E-state index in [-0.39, 0.29) is 0 Å². The molecule has 0 amide bonds. The van der Waals surface area contributed by atoms with Gasteiger partial charge in [-0.15, -0.1) is 0 Å². The van der Waals surface area contributed by atoms with E-state index in [1.54, 1.807) is 0 Å². The predicted molar refractivity (Wildman–Crippen MR) is 125 cm³/mol. The topological polar surface area (TPSA) is 59.5 Å². The number of fused-ring (bicyclic) bond motifs is 1. The zero-order valence-electron chi connectivity index (χ0n) is 18.6. The molecule has 160 valence electrons. The van der Waals surface area contributed by atoms with Gasteiger partial charge in [-0.05, 0) is 51.4 Å². The molecule has 0 spiro atoms. The van der Waals surface area contributed by atoms with E-state index in [1.807, 2.05) is 13.0 Å². The van der Waals surface area contributed by atoms with Gasteiger partial charge in [0.05, 0.1) is 11.3 Å². The zero-order chi connectivity index (χ0) is 21.5. The normalized spacial score (nSPS) is 19.0. The Balaban J connectivity index is 1.77.